The monoisotopic (exact) mass is 416 g/mol. The molecule has 0 N–H and O–H groups in total. The molecule has 0 aromatic heterocycles. The second-order valence-corrected chi connectivity index (χ2v) is 8.19. The number of halogens is 1. The van der Waals surface area contributed by atoms with Crippen LogP contribution in [0.2, 0.25) is 0 Å². The van der Waals surface area contributed by atoms with E-state index in [1.165, 1.54) is 49.3 Å². The highest BCUT2D eigenvalue weighted by Gasteiger charge is 2.13. The third-order valence-electron chi connectivity index (χ3n) is 5.05. The van der Waals surface area contributed by atoms with Gasteiger partial charge in [-0.15, -0.1) is 0 Å². The van der Waals surface area contributed by atoms with Gasteiger partial charge in [-0.1, -0.05) is 45.8 Å². The van der Waals surface area contributed by atoms with Crippen LogP contribution in [0.15, 0.2) is 46.9 Å². The predicted octanol–water partition coefficient (Wildman–Crippen LogP) is 4.52. The number of benzene rings is 2. The van der Waals surface area contributed by atoms with Gasteiger partial charge in [-0.3, -0.25) is 0 Å². The van der Waals surface area contributed by atoms with Gasteiger partial charge in [-0.25, -0.2) is 0 Å². The minimum atomic E-state index is 0.618. The molecule has 2 aromatic carbocycles. The molecule has 0 unspecified atom stereocenters. The van der Waals surface area contributed by atoms with Crippen LogP contribution in [0.3, 0.4) is 0 Å². The number of ether oxygens (including phenoxy) is 1. The standard InChI is InChI=1S/C22H29BrN2O/c1-18-5-7-19(8-6-18)17-26-22-10-9-21(23)16-20(22)4-3-11-25-14-12-24(2)13-15-25/h5-10,16H,3-4,11-15,17H2,1-2H3. The molecule has 1 heterocycles. The number of hydrogen-bond donors (Lipinski definition) is 0. The van der Waals surface area contributed by atoms with Crippen LogP contribution in [0.4, 0.5) is 0 Å². The van der Waals surface area contributed by atoms with Crippen LogP contribution in [-0.2, 0) is 13.0 Å². The minimum Gasteiger partial charge on any atom is -0.489 e. The summed E-state index contributed by atoms with van der Waals surface area (Å²) in [6.45, 7) is 8.63. The summed E-state index contributed by atoms with van der Waals surface area (Å²) in [7, 11) is 2.20. The average Bonchev–Trinajstić information content (AvgIpc) is 2.64. The number of piperazine rings is 1. The van der Waals surface area contributed by atoms with Crippen molar-refractivity contribution in [3.05, 3.63) is 63.6 Å². The van der Waals surface area contributed by atoms with E-state index >= 15 is 0 Å². The molecular formula is C22H29BrN2O. The van der Waals surface area contributed by atoms with Crippen LogP contribution in [0.25, 0.3) is 0 Å². The van der Waals surface area contributed by atoms with Gasteiger partial charge in [0.25, 0.3) is 0 Å². The first kappa shape index (κ1) is 19.4. The van der Waals surface area contributed by atoms with E-state index in [0.29, 0.717) is 6.61 Å². The van der Waals surface area contributed by atoms with Crippen LogP contribution in [0.1, 0.15) is 23.1 Å². The van der Waals surface area contributed by atoms with Crippen molar-refractivity contribution in [1.82, 2.24) is 9.80 Å². The van der Waals surface area contributed by atoms with Gasteiger partial charge < -0.3 is 14.5 Å². The zero-order valence-electron chi connectivity index (χ0n) is 15.9. The summed E-state index contributed by atoms with van der Waals surface area (Å²) in [6.07, 6.45) is 2.22. The summed E-state index contributed by atoms with van der Waals surface area (Å²) in [5.74, 6) is 1.01. The lowest BCUT2D eigenvalue weighted by Gasteiger charge is -2.32. The molecule has 1 aliphatic heterocycles. The summed E-state index contributed by atoms with van der Waals surface area (Å²) in [5.41, 5.74) is 3.78. The van der Waals surface area contributed by atoms with E-state index in [1.807, 2.05) is 0 Å². The maximum absolute atomic E-state index is 6.13. The zero-order valence-corrected chi connectivity index (χ0v) is 17.5. The predicted molar refractivity (Wildman–Crippen MR) is 112 cm³/mol. The van der Waals surface area contributed by atoms with Crippen LogP contribution in [0.5, 0.6) is 5.75 Å². The first-order chi connectivity index (χ1) is 12.6. The Hall–Kier alpha value is -1.36. The Morgan fingerprint density at radius 1 is 1.00 bits per heavy atom. The van der Waals surface area contributed by atoms with Gasteiger partial charge in [-0.05, 0) is 62.7 Å². The van der Waals surface area contributed by atoms with Crippen LogP contribution < -0.4 is 4.74 Å². The number of hydrogen-bond acceptors (Lipinski definition) is 3. The Bertz CT molecular complexity index is 694. The molecule has 1 aliphatic rings. The second kappa shape index (κ2) is 9.54. The molecule has 0 spiro atoms. The quantitative estimate of drug-likeness (QED) is 0.659. The Labute approximate surface area is 166 Å². The maximum Gasteiger partial charge on any atom is 0.123 e. The molecule has 0 radical (unpaired) electrons. The SMILES string of the molecule is Cc1ccc(COc2ccc(Br)cc2CCCN2CCN(C)CC2)cc1. The van der Waals surface area contributed by atoms with Gasteiger partial charge in [0.2, 0.25) is 0 Å². The van der Waals surface area contributed by atoms with Crippen molar-refractivity contribution in [2.24, 2.45) is 0 Å². The number of rotatable bonds is 7. The Kier molecular flexibility index (Phi) is 7.12. The highest BCUT2D eigenvalue weighted by Crippen LogP contribution is 2.25. The number of likely N-dealkylation sites (N-methyl/N-ethyl adjacent to an activating group) is 1. The van der Waals surface area contributed by atoms with Gasteiger partial charge in [-0.2, -0.15) is 0 Å². The third kappa shape index (κ3) is 5.83. The Balaban J connectivity index is 1.54. The average molecular weight is 417 g/mol. The van der Waals surface area contributed by atoms with Crippen molar-refractivity contribution in [2.75, 3.05) is 39.8 Å². The molecule has 140 valence electrons. The van der Waals surface area contributed by atoms with Crippen molar-refractivity contribution in [1.29, 1.82) is 0 Å². The topological polar surface area (TPSA) is 15.7 Å². The molecule has 1 fully saturated rings. The first-order valence-corrected chi connectivity index (χ1v) is 10.3. The normalized spacial score (nSPS) is 16.0. The van der Waals surface area contributed by atoms with Gasteiger partial charge in [0.15, 0.2) is 0 Å². The summed E-state index contributed by atoms with van der Waals surface area (Å²) in [5, 5.41) is 0. The van der Waals surface area contributed by atoms with Gasteiger partial charge >= 0.3 is 0 Å². The van der Waals surface area contributed by atoms with Gasteiger partial charge in [0.1, 0.15) is 12.4 Å². The van der Waals surface area contributed by atoms with Crippen molar-refractivity contribution in [3.63, 3.8) is 0 Å². The lowest BCUT2D eigenvalue weighted by atomic mass is 10.1. The fourth-order valence-corrected chi connectivity index (χ4v) is 3.70. The molecule has 3 rings (SSSR count). The zero-order chi connectivity index (χ0) is 18.4. The van der Waals surface area contributed by atoms with Gasteiger partial charge in [0.05, 0.1) is 0 Å². The van der Waals surface area contributed by atoms with E-state index in [2.05, 4.69) is 82.2 Å². The van der Waals surface area contributed by atoms with E-state index in [9.17, 15) is 0 Å². The van der Waals surface area contributed by atoms with Crippen LogP contribution in [-0.4, -0.2) is 49.6 Å². The lowest BCUT2D eigenvalue weighted by molar-refractivity contribution is 0.153. The van der Waals surface area contributed by atoms with Gasteiger partial charge in [0, 0.05) is 30.7 Å². The molecular weight excluding hydrogens is 388 g/mol. The van der Waals surface area contributed by atoms with Crippen molar-refractivity contribution < 1.29 is 4.74 Å². The molecule has 0 amide bonds. The van der Waals surface area contributed by atoms with Crippen LogP contribution in [0, 0.1) is 6.92 Å². The van der Waals surface area contributed by atoms with E-state index in [1.54, 1.807) is 0 Å². The summed E-state index contributed by atoms with van der Waals surface area (Å²) < 4.78 is 7.25. The molecule has 1 saturated heterocycles. The lowest BCUT2D eigenvalue weighted by Crippen LogP contribution is -2.44. The van der Waals surface area contributed by atoms with Crippen LogP contribution >= 0.6 is 15.9 Å². The van der Waals surface area contributed by atoms with Crippen molar-refractivity contribution in [3.8, 4) is 5.75 Å². The smallest absolute Gasteiger partial charge is 0.123 e. The third-order valence-corrected chi connectivity index (χ3v) is 5.55. The maximum atomic E-state index is 6.13. The van der Waals surface area contributed by atoms with E-state index in [-0.39, 0.29) is 0 Å². The van der Waals surface area contributed by atoms with Crippen molar-refractivity contribution in [2.45, 2.75) is 26.4 Å². The summed E-state index contributed by atoms with van der Waals surface area (Å²) in [4.78, 5) is 4.98. The summed E-state index contributed by atoms with van der Waals surface area (Å²) >= 11 is 3.60. The number of aryl methyl sites for hydroxylation is 2. The largest absolute Gasteiger partial charge is 0.489 e. The fraction of sp³-hybridized carbons (Fsp3) is 0.455. The molecule has 0 aliphatic carbocycles. The molecule has 0 atom stereocenters. The highest BCUT2D eigenvalue weighted by molar-refractivity contribution is 9.10. The molecule has 4 heteroatoms. The Morgan fingerprint density at radius 2 is 1.73 bits per heavy atom. The van der Waals surface area contributed by atoms with Crippen molar-refractivity contribution >= 4 is 15.9 Å². The Morgan fingerprint density at radius 3 is 2.46 bits per heavy atom. The molecule has 0 bridgehead atoms. The van der Waals surface area contributed by atoms with E-state index in [4.69, 9.17) is 4.74 Å². The fourth-order valence-electron chi connectivity index (χ4n) is 3.29. The molecule has 2 aromatic rings. The molecule has 26 heavy (non-hydrogen) atoms. The first-order valence-electron chi connectivity index (χ1n) is 9.48. The minimum absolute atomic E-state index is 0.618. The molecule has 0 saturated carbocycles. The summed E-state index contributed by atoms with van der Waals surface area (Å²) in [6, 6.07) is 14.9. The second-order valence-electron chi connectivity index (χ2n) is 7.27. The van der Waals surface area contributed by atoms with E-state index < -0.39 is 0 Å². The molecule has 3 nitrogen and oxygen atoms in total. The van der Waals surface area contributed by atoms with E-state index in [0.717, 1.165) is 23.2 Å². The number of nitrogens with zero attached hydrogens (tertiary/aromatic N) is 2. The highest BCUT2D eigenvalue weighted by atomic mass is 79.9.